The molecule has 0 aliphatic rings. The minimum Gasteiger partial charge on any atom is -0.314 e. The molecular weight excluding hydrogens is 188 g/mol. The van der Waals surface area contributed by atoms with E-state index in [4.69, 9.17) is 0 Å². The monoisotopic (exact) mass is 204 g/mol. The second-order valence-corrected chi connectivity index (χ2v) is 4.22. The first-order valence-electron chi connectivity index (χ1n) is 5.03. The van der Waals surface area contributed by atoms with Crippen LogP contribution in [0.25, 0.3) is 11.2 Å². The highest BCUT2D eigenvalue weighted by Crippen LogP contribution is 2.21. The molecule has 0 radical (unpaired) electrons. The minimum absolute atomic E-state index is 0.143. The smallest absolute Gasteiger partial charge is 0.159 e. The predicted molar refractivity (Wildman–Crippen MR) is 60.6 cm³/mol. The lowest BCUT2D eigenvalue weighted by molar-refractivity contribution is 0.406. The van der Waals surface area contributed by atoms with Gasteiger partial charge in [0.25, 0.3) is 0 Å². The van der Waals surface area contributed by atoms with E-state index in [2.05, 4.69) is 29.1 Å². The Hall–Kier alpha value is -1.42. The number of nitrogens with one attached hydrogen (secondary N) is 1. The summed E-state index contributed by atoms with van der Waals surface area (Å²) in [4.78, 5) is 8.91. The summed E-state index contributed by atoms with van der Waals surface area (Å²) >= 11 is 0. The van der Waals surface area contributed by atoms with E-state index >= 15 is 0 Å². The molecule has 2 aromatic rings. The molecule has 15 heavy (non-hydrogen) atoms. The summed E-state index contributed by atoms with van der Waals surface area (Å²) in [6.07, 6.45) is 1.79. The van der Waals surface area contributed by atoms with Crippen molar-refractivity contribution >= 4 is 11.2 Å². The van der Waals surface area contributed by atoms with Gasteiger partial charge in [-0.2, -0.15) is 0 Å². The van der Waals surface area contributed by atoms with E-state index in [-0.39, 0.29) is 5.54 Å². The molecule has 2 rings (SSSR count). The van der Waals surface area contributed by atoms with E-state index in [1.807, 2.05) is 30.8 Å². The minimum atomic E-state index is -0.143. The first kappa shape index (κ1) is 10.1. The fraction of sp³-hybridized carbons (Fsp3) is 0.455. The molecule has 4 nitrogen and oxygen atoms in total. The second kappa shape index (κ2) is 3.31. The Labute approximate surface area is 89.3 Å². The average molecular weight is 204 g/mol. The summed E-state index contributed by atoms with van der Waals surface area (Å²) in [5.41, 5.74) is 1.73. The molecule has 0 saturated heterocycles. The topological polar surface area (TPSA) is 42.7 Å². The molecule has 0 unspecified atom stereocenters. The summed E-state index contributed by atoms with van der Waals surface area (Å²) in [6.45, 7) is 4.21. The molecule has 0 aliphatic heterocycles. The van der Waals surface area contributed by atoms with Gasteiger partial charge in [0.1, 0.15) is 11.3 Å². The van der Waals surface area contributed by atoms with E-state index < -0.39 is 0 Å². The number of aryl methyl sites for hydroxylation is 1. The largest absolute Gasteiger partial charge is 0.314 e. The van der Waals surface area contributed by atoms with Gasteiger partial charge in [-0.3, -0.25) is 0 Å². The third kappa shape index (κ3) is 1.51. The van der Waals surface area contributed by atoms with Crippen molar-refractivity contribution in [1.29, 1.82) is 0 Å². The van der Waals surface area contributed by atoms with Crippen LogP contribution < -0.4 is 5.32 Å². The van der Waals surface area contributed by atoms with Crippen molar-refractivity contribution in [3.05, 3.63) is 24.2 Å². The van der Waals surface area contributed by atoms with Gasteiger partial charge in [0, 0.05) is 13.2 Å². The third-order valence-corrected chi connectivity index (χ3v) is 2.81. The Bertz CT molecular complexity index is 484. The standard InChI is InChI=1S/C11H16N4/c1-11(2,12-3)10-14-8-6-5-7-13-9(8)15(10)4/h5-7,12H,1-4H3. The SMILES string of the molecule is CNC(C)(C)c1nc2cccnc2n1C. The van der Waals surface area contributed by atoms with Crippen LogP contribution in [0, 0.1) is 0 Å². The maximum Gasteiger partial charge on any atom is 0.159 e. The van der Waals surface area contributed by atoms with Crippen molar-refractivity contribution in [2.45, 2.75) is 19.4 Å². The molecule has 0 atom stereocenters. The molecule has 0 fully saturated rings. The Morgan fingerprint density at radius 3 is 2.73 bits per heavy atom. The zero-order chi connectivity index (χ0) is 11.1. The van der Waals surface area contributed by atoms with Crippen LogP contribution in [0.4, 0.5) is 0 Å². The predicted octanol–water partition coefficient (Wildman–Crippen LogP) is 1.42. The molecule has 0 aliphatic carbocycles. The van der Waals surface area contributed by atoms with E-state index in [1.54, 1.807) is 6.20 Å². The van der Waals surface area contributed by atoms with Crippen LogP contribution in [0.5, 0.6) is 0 Å². The van der Waals surface area contributed by atoms with Gasteiger partial charge >= 0.3 is 0 Å². The molecule has 80 valence electrons. The number of nitrogens with zero attached hydrogens (tertiary/aromatic N) is 3. The molecule has 1 N–H and O–H groups in total. The van der Waals surface area contributed by atoms with Gasteiger partial charge in [0.05, 0.1) is 5.54 Å². The summed E-state index contributed by atoms with van der Waals surface area (Å²) in [6, 6.07) is 3.89. The normalized spacial score (nSPS) is 12.3. The zero-order valence-electron chi connectivity index (χ0n) is 9.57. The highest BCUT2D eigenvalue weighted by molar-refractivity contribution is 5.71. The first-order chi connectivity index (χ1) is 7.06. The summed E-state index contributed by atoms with van der Waals surface area (Å²) in [5, 5.41) is 3.25. The average Bonchev–Trinajstić information content (AvgIpc) is 2.58. The van der Waals surface area contributed by atoms with E-state index in [9.17, 15) is 0 Å². The van der Waals surface area contributed by atoms with Gasteiger partial charge < -0.3 is 9.88 Å². The number of hydrogen-bond acceptors (Lipinski definition) is 3. The maximum atomic E-state index is 4.59. The molecule has 0 spiro atoms. The molecule has 4 heteroatoms. The van der Waals surface area contributed by atoms with E-state index in [0.717, 1.165) is 17.0 Å². The van der Waals surface area contributed by atoms with Crippen LogP contribution in [-0.4, -0.2) is 21.6 Å². The van der Waals surface area contributed by atoms with Crippen LogP contribution in [0.3, 0.4) is 0 Å². The van der Waals surface area contributed by atoms with Crippen LogP contribution in [-0.2, 0) is 12.6 Å². The zero-order valence-corrected chi connectivity index (χ0v) is 9.57. The van der Waals surface area contributed by atoms with E-state index in [1.165, 1.54) is 0 Å². The number of pyridine rings is 1. The Morgan fingerprint density at radius 1 is 1.40 bits per heavy atom. The molecule has 2 heterocycles. The summed E-state index contributed by atoms with van der Waals surface area (Å²) in [5.74, 6) is 0.999. The number of imidazole rings is 1. The van der Waals surface area contributed by atoms with Crippen LogP contribution in [0.15, 0.2) is 18.3 Å². The van der Waals surface area contributed by atoms with Crippen molar-refractivity contribution in [3.63, 3.8) is 0 Å². The van der Waals surface area contributed by atoms with Gasteiger partial charge in [0.15, 0.2) is 5.65 Å². The third-order valence-electron chi connectivity index (χ3n) is 2.81. The molecule has 2 aromatic heterocycles. The van der Waals surface area contributed by atoms with Crippen molar-refractivity contribution in [2.75, 3.05) is 7.05 Å². The van der Waals surface area contributed by atoms with Gasteiger partial charge in [-0.25, -0.2) is 9.97 Å². The Balaban J connectivity index is 2.68. The van der Waals surface area contributed by atoms with Gasteiger partial charge in [0.2, 0.25) is 0 Å². The lowest BCUT2D eigenvalue weighted by Crippen LogP contribution is -2.35. The maximum absolute atomic E-state index is 4.59. The first-order valence-corrected chi connectivity index (χ1v) is 5.03. The van der Waals surface area contributed by atoms with Crippen molar-refractivity contribution in [3.8, 4) is 0 Å². The molecular formula is C11H16N4. The lowest BCUT2D eigenvalue weighted by atomic mass is 10.1. The van der Waals surface area contributed by atoms with Crippen LogP contribution >= 0.6 is 0 Å². The van der Waals surface area contributed by atoms with Crippen molar-refractivity contribution in [2.24, 2.45) is 7.05 Å². The number of hydrogen-bond donors (Lipinski definition) is 1. The lowest BCUT2D eigenvalue weighted by Gasteiger charge is -2.23. The van der Waals surface area contributed by atoms with Crippen LogP contribution in [0.1, 0.15) is 19.7 Å². The number of fused-ring (bicyclic) bond motifs is 1. The summed E-state index contributed by atoms with van der Waals surface area (Å²) in [7, 11) is 3.93. The molecule has 0 bridgehead atoms. The Kier molecular flexibility index (Phi) is 2.23. The molecule has 0 saturated carbocycles. The van der Waals surface area contributed by atoms with Gasteiger partial charge in [-0.1, -0.05) is 0 Å². The number of aromatic nitrogens is 3. The van der Waals surface area contributed by atoms with Crippen LogP contribution in [0.2, 0.25) is 0 Å². The molecule has 0 aromatic carbocycles. The molecule has 0 amide bonds. The fourth-order valence-corrected chi connectivity index (χ4v) is 1.69. The van der Waals surface area contributed by atoms with Gasteiger partial charge in [-0.05, 0) is 33.0 Å². The second-order valence-electron chi connectivity index (χ2n) is 4.22. The quantitative estimate of drug-likeness (QED) is 0.804. The van der Waals surface area contributed by atoms with Crippen molar-refractivity contribution in [1.82, 2.24) is 19.9 Å². The van der Waals surface area contributed by atoms with E-state index in [0.29, 0.717) is 0 Å². The highest BCUT2D eigenvalue weighted by Gasteiger charge is 2.24. The fourth-order valence-electron chi connectivity index (χ4n) is 1.69. The summed E-state index contributed by atoms with van der Waals surface area (Å²) < 4.78 is 2.03. The van der Waals surface area contributed by atoms with Crippen molar-refractivity contribution < 1.29 is 0 Å². The Morgan fingerprint density at radius 2 is 2.13 bits per heavy atom. The van der Waals surface area contributed by atoms with Gasteiger partial charge in [-0.15, -0.1) is 0 Å². The number of rotatable bonds is 2. The highest BCUT2D eigenvalue weighted by atomic mass is 15.2.